The summed E-state index contributed by atoms with van der Waals surface area (Å²) in [5.41, 5.74) is 0. The molecule has 112 heavy (non-hydrogen) atoms. The molecule has 0 rings (SSSR count). The summed E-state index contributed by atoms with van der Waals surface area (Å²) >= 11 is 0. The number of phosphoric ester groups is 2. The summed E-state index contributed by atoms with van der Waals surface area (Å²) < 4.78 is 69.1. The van der Waals surface area contributed by atoms with E-state index >= 15 is 0 Å². The van der Waals surface area contributed by atoms with Gasteiger partial charge in [-0.3, -0.25) is 37.3 Å². The van der Waals surface area contributed by atoms with Gasteiger partial charge in [0.15, 0.2) is 12.2 Å². The van der Waals surface area contributed by atoms with Crippen molar-refractivity contribution in [1.82, 2.24) is 0 Å². The van der Waals surface area contributed by atoms with E-state index < -0.39 is 97.5 Å². The number of unbranched alkanes of at least 4 members (excludes halogenated alkanes) is 53. The Bertz CT molecular complexity index is 2170. The molecule has 6 unspecified atom stereocenters. The number of aliphatic hydroxyl groups is 1. The minimum absolute atomic E-state index is 0.108. The lowest BCUT2D eigenvalue weighted by atomic mass is 9.99. The third kappa shape index (κ3) is 81.8. The number of aliphatic hydroxyl groups excluding tert-OH is 1. The summed E-state index contributed by atoms with van der Waals surface area (Å²) in [6.07, 6.45) is 73.7. The van der Waals surface area contributed by atoms with Crippen LogP contribution in [0.3, 0.4) is 0 Å². The zero-order valence-electron chi connectivity index (χ0n) is 74.3. The molecule has 666 valence electrons. The van der Waals surface area contributed by atoms with Crippen LogP contribution in [0.2, 0.25) is 0 Å². The molecule has 0 aliphatic heterocycles. The quantitative estimate of drug-likeness (QED) is 0.0222. The van der Waals surface area contributed by atoms with Crippen LogP contribution >= 0.6 is 15.6 Å². The predicted octanol–water partition coefficient (Wildman–Crippen LogP) is 28.7. The van der Waals surface area contributed by atoms with Gasteiger partial charge < -0.3 is 33.8 Å². The van der Waals surface area contributed by atoms with E-state index in [1.807, 2.05) is 0 Å². The zero-order chi connectivity index (χ0) is 82.3. The van der Waals surface area contributed by atoms with Gasteiger partial charge in [-0.25, -0.2) is 9.13 Å². The lowest BCUT2D eigenvalue weighted by molar-refractivity contribution is -0.161. The minimum atomic E-state index is -4.97. The maximum atomic E-state index is 13.2. The second-order valence-electron chi connectivity index (χ2n) is 34.6. The standard InChI is InChI=1S/C93H182O17P2/c1-9-84(6)70-62-54-46-38-32-26-20-16-12-14-18-22-29-35-41-49-57-65-73-90(95)103-79-88(109-92(97)76-68-60-51-43-37-31-25-24-28-34-40-48-56-64-72-86(8)11-3)81-107-111(99,100)105-77-87(94)78-106-112(101,102)108-82-89(80-104-91(96)74-66-58-52-44-45-53-61-69-83(4)5)110-93(98)75-67-59-50-42-36-30-23-19-15-13-17-21-27-33-39-47-55-63-71-85(7)10-2/h83-89,94H,9-82H2,1-8H3,(H,99,100)(H,101,102)/t84?,85?,86?,87?,88-,89-/m1/s1. The third-order valence-corrected chi connectivity index (χ3v) is 24.8. The molecule has 0 bridgehead atoms. The molecule has 8 atom stereocenters. The molecule has 0 saturated heterocycles. The maximum absolute atomic E-state index is 13.2. The molecule has 0 aromatic rings. The Balaban J connectivity index is 5.20. The van der Waals surface area contributed by atoms with Gasteiger partial charge in [0.1, 0.15) is 19.3 Å². The molecule has 17 nitrogen and oxygen atoms in total. The number of carbonyl (C=O) groups excluding carboxylic acids is 4. The molecule has 0 saturated carbocycles. The molecule has 0 aromatic heterocycles. The van der Waals surface area contributed by atoms with E-state index in [0.717, 1.165) is 114 Å². The van der Waals surface area contributed by atoms with Crippen LogP contribution in [-0.2, 0) is 65.4 Å². The van der Waals surface area contributed by atoms with Gasteiger partial charge in [-0.1, -0.05) is 441 Å². The summed E-state index contributed by atoms with van der Waals surface area (Å²) in [6.45, 7) is 14.5. The van der Waals surface area contributed by atoms with Crippen molar-refractivity contribution in [1.29, 1.82) is 0 Å². The Morgan fingerprint density at radius 3 is 0.634 bits per heavy atom. The van der Waals surface area contributed by atoms with E-state index in [1.54, 1.807) is 0 Å². The van der Waals surface area contributed by atoms with E-state index in [2.05, 4.69) is 55.4 Å². The minimum Gasteiger partial charge on any atom is -0.462 e. The molecule has 0 fully saturated rings. The Labute approximate surface area is 689 Å². The first-order chi connectivity index (χ1) is 54.2. The number of ether oxygens (including phenoxy) is 4. The van der Waals surface area contributed by atoms with Crippen LogP contribution in [0, 0.1) is 23.7 Å². The van der Waals surface area contributed by atoms with E-state index in [4.69, 9.17) is 37.0 Å². The van der Waals surface area contributed by atoms with Crippen molar-refractivity contribution in [2.24, 2.45) is 23.7 Å². The van der Waals surface area contributed by atoms with Crippen LogP contribution < -0.4 is 0 Å². The van der Waals surface area contributed by atoms with Crippen molar-refractivity contribution in [2.75, 3.05) is 39.6 Å². The number of phosphoric acid groups is 2. The first-order valence-electron chi connectivity index (χ1n) is 47.8. The van der Waals surface area contributed by atoms with Gasteiger partial charge in [0, 0.05) is 25.7 Å². The smallest absolute Gasteiger partial charge is 0.462 e. The van der Waals surface area contributed by atoms with Crippen LogP contribution in [0.5, 0.6) is 0 Å². The zero-order valence-corrected chi connectivity index (χ0v) is 76.1. The highest BCUT2D eigenvalue weighted by atomic mass is 31.2. The van der Waals surface area contributed by atoms with Gasteiger partial charge in [-0.2, -0.15) is 0 Å². The lowest BCUT2D eigenvalue weighted by Gasteiger charge is -2.21. The van der Waals surface area contributed by atoms with Crippen LogP contribution in [0.4, 0.5) is 0 Å². The summed E-state index contributed by atoms with van der Waals surface area (Å²) in [7, 11) is -9.94. The lowest BCUT2D eigenvalue weighted by Crippen LogP contribution is -2.30. The van der Waals surface area contributed by atoms with Crippen molar-refractivity contribution < 1.29 is 80.2 Å². The Kier molecular flexibility index (Phi) is 80.0. The Morgan fingerprint density at radius 2 is 0.429 bits per heavy atom. The van der Waals surface area contributed by atoms with Gasteiger partial charge in [-0.15, -0.1) is 0 Å². The molecular formula is C93H182O17P2. The molecule has 3 N–H and O–H groups in total. The average molecular weight is 1630 g/mol. The second-order valence-corrected chi connectivity index (χ2v) is 37.5. The summed E-state index contributed by atoms with van der Waals surface area (Å²) in [6, 6.07) is 0. The predicted molar refractivity (Wildman–Crippen MR) is 464 cm³/mol. The Morgan fingerprint density at radius 1 is 0.250 bits per heavy atom. The number of hydrogen-bond acceptors (Lipinski definition) is 15. The van der Waals surface area contributed by atoms with Crippen LogP contribution in [0.15, 0.2) is 0 Å². The van der Waals surface area contributed by atoms with Crippen molar-refractivity contribution in [3.63, 3.8) is 0 Å². The number of rotatable bonds is 90. The molecule has 0 spiro atoms. The van der Waals surface area contributed by atoms with Crippen LogP contribution in [0.1, 0.15) is 492 Å². The van der Waals surface area contributed by atoms with E-state index in [-0.39, 0.29) is 25.7 Å². The van der Waals surface area contributed by atoms with E-state index in [0.29, 0.717) is 31.6 Å². The molecule has 0 aromatic carbocycles. The fourth-order valence-electron chi connectivity index (χ4n) is 14.5. The maximum Gasteiger partial charge on any atom is 0.472 e. The van der Waals surface area contributed by atoms with Crippen LogP contribution in [-0.4, -0.2) is 96.7 Å². The van der Waals surface area contributed by atoms with Gasteiger partial charge in [0.05, 0.1) is 26.4 Å². The molecular weight excluding hydrogens is 1450 g/mol. The first-order valence-corrected chi connectivity index (χ1v) is 50.8. The van der Waals surface area contributed by atoms with Gasteiger partial charge in [0.2, 0.25) is 0 Å². The number of carbonyl (C=O) groups is 4. The van der Waals surface area contributed by atoms with Gasteiger partial charge in [-0.05, 0) is 49.4 Å². The van der Waals surface area contributed by atoms with Crippen molar-refractivity contribution in [3.8, 4) is 0 Å². The molecule has 0 heterocycles. The molecule has 0 amide bonds. The van der Waals surface area contributed by atoms with Gasteiger partial charge in [0.25, 0.3) is 0 Å². The van der Waals surface area contributed by atoms with Crippen LogP contribution in [0.25, 0.3) is 0 Å². The third-order valence-electron chi connectivity index (χ3n) is 22.9. The SMILES string of the molecule is CCC(C)CCCCCCCCCCCCCCCCCCCCC(=O)OC[C@H](COP(=O)(O)OCC(O)COP(=O)(O)OC[C@@H](COC(=O)CCCCCCCCCC(C)C)OC(=O)CCCCCCCCCCCCCCCCCCCCC(C)CC)OC(=O)CCCCCCCCCCCCCCCCC(C)CC. The normalized spacial score (nSPS) is 14.5. The van der Waals surface area contributed by atoms with Crippen molar-refractivity contribution >= 4 is 39.5 Å². The summed E-state index contributed by atoms with van der Waals surface area (Å²) in [5, 5.41) is 10.7. The highest BCUT2D eigenvalue weighted by Gasteiger charge is 2.31. The number of esters is 4. The fourth-order valence-corrected chi connectivity index (χ4v) is 16.0. The van der Waals surface area contributed by atoms with E-state index in [1.165, 1.54) is 289 Å². The van der Waals surface area contributed by atoms with Crippen molar-refractivity contribution in [3.05, 3.63) is 0 Å². The average Bonchev–Trinajstić information content (AvgIpc) is 0.899. The van der Waals surface area contributed by atoms with Gasteiger partial charge >= 0.3 is 39.5 Å². The first kappa shape index (κ1) is 110. The molecule has 0 radical (unpaired) electrons. The summed E-state index contributed by atoms with van der Waals surface area (Å²) in [5.74, 6) is 1.19. The largest absolute Gasteiger partial charge is 0.472 e. The number of hydrogen-bond donors (Lipinski definition) is 3. The summed E-state index contributed by atoms with van der Waals surface area (Å²) in [4.78, 5) is 73.4. The Hall–Kier alpha value is -1.94. The second kappa shape index (κ2) is 81.4. The fraction of sp³-hybridized carbons (Fsp3) is 0.957. The highest BCUT2D eigenvalue weighted by Crippen LogP contribution is 2.45. The topological polar surface area (TPSA) is 237 Å². The van der Waals surface area contributed by atoms with E-state index in [9.17, 15) is 43.2 Å². The van der Waals surface area contributed by atoms with Crippen molar-refractivity contribution in [2.45, 2.75) is 510 Å². The molecule has 19 heteroatoms. The monoisotopic (exact) mass is 1630 g/mol. The highest BCUT2D eigenvalue weighted by molar-refractivity contribution is 7.47. The molecule has 0 aliphatic carbocycles. The molecule has 0 aliphatic rings.